The minimum absolute atomic E-state index is 0.166. The van der Waals surface area contributed by atoms with Crippen LogP contribution in [-0.4, -0.2) is 38.2 Å². The predicted molar refractivity (Wildman–Crippen MR) is 120 cm³/mol. The van der Waals surface area contributed by atoms with Gasteiger partial charge in [0.2, 0.25) is 0 Å². The maximum absolute atomic E-state index is 11.9. The lowest BCUT2D eigenvalue weighted by molar-refractivity contribution is 0.00391. The Morgan fingerprint density at radius 1 is 0.600 bits per heavy atom. The number of unbranched alkanes of at least 4 members (excludes halogenated alkanes) is 4. The quantitative estimate of drug-likeness (QED) is 0.168. The summed E-state index contributed by atoms with van der Waals surface area (Å²) in [6, 6.07) is 0. The number of hydrogen-bond donors (Lipinski definition) is 0. The first kappa shape index (κ1) is 28.5. The van der Waals surface area contributed by atoms with Crippen LogP contribution in [0.15, 0.2) is 0 Å². The Morgan fingerprint density at radius 3 is 1.60 bits per heavy atom. The van der Waals surface area contributed by atoms with Crippen molar-refractivity contribution >= 4 is 12.3 Å². The smallest absolute Gasteiger partial charge is 0.434 e. The van der Waals surface area contributed by atoms with E-state index < -0.39 is 12.3 Å². The summed E-state index contributed by atoms with van der Waals surface area (Å²) in [5.41, 5.74) is 0. The molecule has 0 fully saturated rings. The van der Waals surface area contributed by atoms with Crippen LogP contribution in [0.2, 0.25) is 0 Å². The molecule has 0 aromatic carbocycles. The molecule has 0 aliphatic carbocycles. The molecule has 0 aromatic rings. The molecule has 0 heterocycles. The topological polar surface area (TPSA) is 71.1 Å². The van der Waals surface area contributed by atoms with Crippen LogP contribution in [0.1, 0.15) is 105 Å². The molecule has 6 heteroatoms. The molecular weight excluding hydrogens is 384 g/mol. The number of ether oxygens (including phenoxy) is 4. The van der Waals surface area contributed by atoms with Crippen LogP contribution in [0.5, 0.6) is 0 Å². The molecule has 0 saturated carbocycles. The van der Waals surface area contributed by atoms with Crippen molar-refractivity contribution < 1.29 is 28.5 Å². The maximum atomic E-state index is 11.9. The number of rotatable bonds is 18. The number of carbonyl (C=O) groups excluding carboxylic acids is 2. The Morgan fingerprint density at radius 2 is 1.10 bits per heavy atom. The van der Waals surface area contributed by atoms with Crippen molar-refractivity contribution in [2.24, 2.45) is 11.8 Å². The molecule has 0 aliphatic rings. The first-order valence-corrected chi connectivity index (χ1v) is 12.0. The monoisotopic (exact) mass is 430 g/mol. The fourth-order valence-electron chi connectivity index (χ4n) is 3.04. The summed E-state index contributed by atoms with van der Waals surface area (Å²) in [5.74, 6) is 1.42. The van der Waals surface area contributed by atoms with E-state index in [9.17, 15) is 9.59 Å². The summed E-state index contributed by atoms with van der Waals surface area (Å²) < 4.78 is 20.7. The molecule has 0 aromatic heterocycles. The van der Waals surface area contributed by atoms with Crippen LogP contribution in [0.25, 0.3) is 0 Å². The van der Waals surface area contributed by atoms with Gasteiger partial charge in [0.1, 0.15) is 6.10 Å². The molecule has 30 heavy (non-hydrogen) atoms. The second kappa shape index (κ2) is 19.5. The van der Waals surface area contributed by atoms with Gasteiger partial charge >= 0.3 is 12.3 Å². The second-order valence-electron chi connectivity index (χ2n) is 8.85. The SMILES string of the molecule is CCCC(CCOC(=O)OCCCCCC(C)C)OC(=O)OCCCCCC(C)C. The fraction of sp³-hybridized carbons (Fsp3) is 0.917. The molecule has 0 bridgehead atoms. The van der Waals surface area contributed by atoms with Crippen LogP contribution < -0.4 is 0 Å². The third-order valence-corrected chi connectivity index (χ3v) is 4.82. The normalized spacial score (nSPS) is 12.1. The summed E-state index contributed by atoms with van der Waals surface area (Å²) in [6.07, 6.45) is 8.93. The van der Waals surface area contributed by atoms with E-state index in [-0.39, 0.29) is 12.7 Å². The van der Waals surface area contributed by atoms with E-state index in [1.54, 1.807) is 0 Å². The first-order chi connectivity index (χ1) is 14.3. The summed E-state index contributed by atoms with van der Waals surface area (Å²) in [7, 11) is 0. The Balaban J connectivity index is 3.81. The molecule has 0 radical (unpaired) electrons. The highest BCUT2D eigenvalue weighted by Gasteiger charge is 2.16. The highest BCUT2D eigenvalue weighted by molar-refractivity contribution is 5.60. The van der Waals surface area contributed by atoms with Gasteiger partial charge in [0.25, 0.3) is 0 Å². The molecule has 6 nitrogen and oxygen atoms in total. The van der Waals surface area contributed by atoms with Crippen LogP contribution in [-0.2, 0) is 18.9 Å². The Bertz CT molecular complexity index is 422. The second-order valence-corrected chi connectivity index (χ2v) is 8.85. The largest absolute Gasteiger partial charge is 0.508 e. The summed E-state index contributed by atoms with van der Waals surface area (Å²) in [4.78, 5) is 23.5. The Labute approximate surface area is 184 Å². The van der Waals surface area contributed by atoms with Crippen molar-refractivity contribution in [1.82, 2.24) is 0 Å². The highest BCUT2D eigenvalue weighted by Crippen LogP contribution is 2.11. The lowest BCUT2D eigenvalue weighted by Gasteiger charge is -2.17. The van der Waals surface area contributed by atoms with Crippen LogP contribution in [0.4, 0.5) is 9.59 Å². The van der Waals surface area contributed by atoms with E-state index in [0.29, 0.717) is 37.9 Å². The van der Waals surface area contributed by atoms with Gasteiger partial charge in [0.15, 0.2) is 0 Å². The van der Waals surface area contributed by atoms with Gasteiger partial charge in [-0.25, -0.2) is 9.59 Å². The number of carbonyl (C=O) groups is 2. The Hall–Kier alpha value is -1.46. The minimum Gasteiger partial charge on any atom is -0.434 e. The summed E-state index contributed by atoms with van der Waals surface area (Å²) in [5, 5.41) is 0. The summed E-state index contributed by atoms with van der Waals surface area (Å²) >= 11 is 0. The zero-order valence-corrected chi connectivity index (χ0v) is 20.1. The molecule has 0 aliphatic heterocycles. The molecule has 1 atom stereocenters. The van der Waals surface area contributed by atoms with Crippen molar-refractivity contribution in [3.63, 3.8) is 0 Å². The van der Waals surface area contributed by atoms with E-state index in [1.165, 1.54) is 12.8 Å². The van der Waals surface area contributed by atoms with Crippen molar-refractivity contribution in [3.8, 4) is 0 Å². The molecule has 178 valence electrons. The molecule has 1 unspecified atom stereocenters. The van der Waals surface area contributed by atoms with E-state index in [0.717, 1.165) is 44.9 Å². The molecule has 0 rings (SSSR count). The molecule has 0 saturated heterocycles. The van der Waals surface area contributed by atoms with Gasteiger partial charge in [-0.1, -0.05) is 79.6 Å². The standard InChI is InChI=1S/C24H46O6/c1-6-13-22(30-24(26)28-18-12-8-10-15-21(4)5)16-19-29-23(25)27-17-11-7-9-14-20(2)3/h20-22H,6-19H2,1-5H3. The average Bonchev–Trinajstić information content (AvgIpc) is 2.67. The van der Waals surface area contributed by atoms with Gasteiger partial charge < -0.3 is 18.9 Å². The van der Waals surface area contributed by atoms with E-state index in [1.807, 2.05) is 6.92 Å². The van der Waals surface area contributed by atoms with Crippen LogP contribution in [0.3, 0.4) is 0 Å². The van der Waals surface area contributed by atoms with Crippen molar-refractivity contribution in [2.45, 2.75) is 111 Å². The Kier molecular flexibility index (Phi) is 18.6. The predicted octanol–water partition coefficient (Wildman–Crippen LogP) is 7.28. The zero-order valence-electron chi connectivity index (χ0n) is 20.1. The number of hydrogen-bond acceptors (Lipinski definition) is 6. The fourth-order valence-corrected chi connectivity index (χ4v) is 3.04. The van der Waals surface area contributed by atoms with Crippen LogP contribution in [0, 0.1) is 11.8 Å². The first-order valence-electron chi connectivity index (χ1n) is 12.0. The third kappa shape index (κ3) is 19.8. The van der Waals surface area contributed by atoms with E-state index >= 15 is 0 Å². The summed E-state index contributed by atoms with van der Waals surface area (Å²) in [6.45, 7) is 11.8. The average molecular weight is 431 g/mol. The van der Waals surface area contributed by atoms with Gasteiger partial charge in [-0.3, -0.25) is 0 Å². The van der Waals surface area contributed by atoms with E-state index in [2.05, 4.69) is 27.7 Å². The highest BCUT2D eigenvalue weighted by atomic mass is 16.7. The van der Waals surface area contributed by atoms with Gasteiger partial charge in [0, 0.05) is 6.42 Å². The molecule has 0 N–H and O–H groups in total. The maximum Gasteiger partial charge on any atom is 0.508 e. The van der Waals surface area contributed by atoms with Crippen molar-refractivity contribution in [2.75, 3.05) is 19.8 Å². The van der Waals surface area contributed by atoms with Gasteiger partial charge in [-0.15, -0.1) is 0 Å². The minimum atomic E-state index is -0.655. The molecular formula is C24H46O6. The molecule has 0 amide bonds. The lowest BCUT2D eigenvalue weighted by Crippen LogP contribution is -2.22. The van der Waals surface area contributed by atoms with Gasteiger partial charge in [-0.2, -0.15) is 0 Å². The van der Waals surface area contributed by atoms with Crippen molar-refractivity contribution in [3.05, 3.63) is 0 Å². The molecule has 0 spiro atoms. The zero-order chi connectivity index (χ0) is 22.6. The van der Waals surface area contributed by atoms with E-state index in [4.69, 9.17) is 18.9 Å². The lowest BCUT2D eigenvalue weighted by atomic mass is 10.1. The van der Waals surface area contributed by atoms with Gasteiger partial charge in [0.05, 0.1) is 19.8 Å². The van der Waals surface area contributed by atoms with Gasteiger partial charge in [-0.05, 0) is 31.1 Å². The van der Waals surface area contributed by atoms with Crippen molar-refractivity contribution in [1.29, 1.82) is 0 Å². The van der Waals surface area contributed by atoms with Crippen LogP contribution >= 0.6 is 0 Å². The third-order valence-electron chi connectivity index (χ3n) is 4.82.